The first-order chi connectivity index (χ1) is 5.20. The van der Waals surface area contributed by atoms with Crippen molar-refractivity contribution in [1.29, 1.82) is 0 Å². The van der Waals surface area contributed by atoms with Crippen LogP contribution >= 0.6 is 0 Å². The van der Waals surface area contributed by atoms with Crippen LogP contribution in [-0.4, -0.2) is 0 Å². The second-order valence-corrected chi connectivity index (χ2v) is 2.62. The van der Waals surface area contributed by atoms with Crippen LogP contribution in [0.4, 0.5) is 0 Å². The van der Waals surface area contributed by atoms with Gasteiger partial charge in [-0.15, -0.1) is 0 Å². The van der Waals surface area contributed by atoms with Crippen molar-refractivity contribution < 1.29 is 0 Å². The molecule has 0 heterocycles. The average Bonchev–Trinajstić information content (AvgIpc) is 1.87. The Morgan fingerprint density at radius 2 is 2.18 bits per heavy atom. The number of nitrogens with two attached hydrogens (primary N) is 1. The SMILES string of the molecule is C=C/C=C(C)\C=C(\N)CCC. The van der Waals surface area contributed by atoms with E-state index in [0.717, 1.165) is 24.1 Å². The zero-order chi connectivity index (χ0) is 8.69. The Balaban J connectivity index is 4.06. The fourth-order valence-electron chi connectivity index (χ4n) is 0.887. The minimum atomic E-state index is 0.947. The Hall–Kier alpha value is -0.980. The van der Waals surface area contributed by atoms with E-state index in [1.54, 1.807) is 6.08 Å². The number of hydrogen-bond donors (Lipinski definition) is 1. The van der Waals surface area contributed by atoms with Crippen molar-refractivity contribution in [2.24, 2.45) is 5.73 Å². The molecule has 0 aliphatic rings. The predicted molar refractivity (Wildman–Crippen MR) is 51.1 cm³/mol. The molecular weight excluding hydrogens is 134 g/mol. The van der Waals surface area contributed by atoms with E-state index in [9.17, 15) is 0 Å². The molecule has 1 nitrogen and oxygen atoms in total. The summed E-state index contributed by atoms with van der Waals surface area (Å²) in [5, 5.41) is 0. The standard InChI is InChI=1S/C10H17N/c1-4-6-9(3)8-10(11)7-5-2/h4,6,8H,1,5,7,11H2,2-3H3/b9-6-,10-8+. The van der Waals surface area contributed by atoms with Gasteiger partial charge in [-0.1, -0.05) is 32.1 Å². The van der Waals surface area contributed by atoms with Crippen LogP contribution in [0.15, 0.2) is 36.1 Å². The van der Waals surface area contributed by atoms with Crippen LogP contribution in [0, 0.1) is 0 Å². The molecule has 0 aromatic carbocycles. The summed E-state index contributed by atoms with van der Waals surface area (Å²) in [4.78, 5) is 0. The zero-order valence-corrected chi connectivity index (χ0v) is 7.43. The van der Waals surface area contributed by atoms with Crippen LogP contribution in [0.1, 0.15) is 26.7 Å². The molecule has 0 aliphatic heterocycles. The molecule has 0 saturated carbocycles. The third kappa shape index (κ3) is 5.46. The first-order valence-electron chi connectivity index (χ1n) is 3.96. The van der Waals surface area contributed by atoms with E-state index >= 15 is 0 Å². The van der Waals surface area contributed by atoms with E-state index in [-0.39, 0.29) is 0 Å². The molecule has 0 saturated heterocycles. The quantitative estimate of drug-likeness (QED) is 0.614. The molecule has 0 aromatic heterocycles. The first-order valence-corrected chi connectivity index (χ1v) is 3.96. The second-order valence-electron chi connectivity index (χ2n) is 2.62. The minimum Gasteiger partial charge on any atom is -0.402 e. The highest BCUT2D eigenvalue weighted by Gasteiger charge is 1.87. The lowest BCUT2D eigenvalue weighted by molar-refractivity contribution is 0.891. The summed E-state index contributed by atoms with van der Waals surface area (Å²) in [7, 11) is 0. The minimum absolute atomic E-state index is 0.947. The zero-order valence-electron chi connectivity index (χ0n) is 7.43. The average molecular weight is 151 g/mol. The lowest BCUT2D eigenvalue weighted by Gasteiger charge is -1.97. The third-order valence-corrected chi connectivity index (χ3v) is 1.33. The molecule has 2 N–H and O–H groups in total. The molecule has 0 unspecified atom stereocenters. The maximum atomic E-state index is 5.70. The highest BCUT2D eigenvalue weighted by molar-refractivity contribution is 5.23. The van der Waals surface area contributed by atoms with Gasteiger partial charge < -0.3 is 5.73 Å². The number of hydrogen-bond acceptors (Lipinski definition) is 1. The van der Waals surface area contributed by atoms with Crippen molar-refractivity contribution in [1.82, 2.24) is 0 Å². The molecule has 0 radical (unpaired) electrons. The van der Waals surface area contributed by atoms with Gasteiger partial charge in [-0.3, -0.25) is 0 Å². The molecule has 0 aromatic rings. The smallest absolute Gasteiger partial charge is 0.00830 e. The topological polar surface area (TPSA) is 26.0 Å². The van der Waals surface area contributed by atoms with Crippen molar-refractivity contribution in [3.8, 4) is 0 Å². The molecule has 11 heavy (non-hydrogen) atoms. The molecule has 1 heteroatoms. The normalized spacial score (nSPS) is 13.3. The summed E-state index contributed by atoms with van der Waals surface area (Å²) < 4.78 is 0. The van der Waals surface area contributed by atoms with E-state index < -0.39 is 0 Å². The largest absolute Gasteiger partial charge is 0.402 e. The second kappa shape index (κ2) is 5.78. The Morgan fingerprint density at radius 3 is 2.64 bits per heavy atom. The molecule has 0 aliphatic carbocycles. The van der Waals surface area contributed by atoms with Crippen molar-refractivity contribution >= 4 is 0 Å². The maximum Gasteiger partial charge on any atom is 0.00830 e. The van der Waals surface area contributed by atoms with E-state index in [2.05, 4.69) is 13.5 Å². The number of rotatable bonds is 4. The van der Waals surface area contributed by atoms with Crippen LogP contribution in [-0.2, 0) is 0 Å². The van der Waals surface area contributed by atoms with Crippen molar-refractivity contribution in [2.75, 3.05) is 0 Å². The summed E-state index contributed by atoms with van der Waals surface area (Å²) in [6.07, 6.45) is 7.78. The van der Waals surface area contributed by atoms with Crippen molar-refractivity contribution in [3.63, 3.8) is 0 Å². The predicted octanol–water partition coefficient (Wildman–Crippen LogP) is 2.76. The fraction of sp³-hybridized carbons (Fsp3) is 0.400. The third-order valence-electron chi connectivity index (χ3n) is 1.33. The lowest BCUT2D eigenvalue weighted by Crippen LogP contribution is -1.95. The molecule has 0 spiro atoms. The van der Waals surface area contributed by atoms with Gasteiger partial charge in [0.25, 0.3) is 0 Å². The Bertz CT molecular complexity index is 175. The Labute approximate surface area is 69.3 Å². The van der Waals surface area contributed by atoms with Gasteiger partial charge in [0.05, 0.1) is 0 Å². The highest BCUT2D eigenvalue weighted by Crippen LogP contribution is 2.02. The lowest BCUT2D eigenvalue weighted by atomic mass is 10.2. The van der Waals surface area contributed by atoms with Crippen LogP contribution in [0.2, 0.25) is 0 Å². The van der Waals surface area contributed by atoms with E-state index in [1.165, 1.54) is 0 Å². The molecular formula is C10H17N. The van der Waals surface area contributed by atoms with Gasteiger partial charge in [0.15, 0.2) is 0 Å². The summed E-state index contributed by atoms with van der Waals surface area (Å²) in [6.45, 7) is 7.74. The van der Waals surface area contributed by atoms with Gasteiger partial charge in [-0.05, 0) is 25.0 Å². The van der Waals surface area contributed by atoms with Crippen LogP contribution in [0.25, 0.3) is 0 Å². The Morgan fingerprint density at radius 1 is 1.55 bits per heavy atom. The highest BCUT2D eigenvalue weighted by atomic mass is 14.6. The monoisotopic (exact) mass is 151 g/mol. The summed E-state index contributed by atoms with van der Waals surface area (Å²) in [5.41, 5.74) is 7.81. The number of allylic oxidation sites excluding steroid dienone is 5. The van der Waals surface area contributed by atoms with Gasteiger partial charge in [0.1, 0.15) is 0 Å². The molecule has 0 rings (SSSR count). The van der Waals surface area contributed by atoms with Crippen molar-refractivity contribution in [3.05, 3.63) is 36.1 Å². The van der Waals surface area contributed by atoms with E-state index in [4.69, 9.17) is 5.73 Å². The van der Waals surface area contributed by atoms with Crippen molar-refractivity contribution in [2.45, 2.75) is 26.7 Å². The molecule has 0 fully saturated rings. The van der Waals surface area contributed by atoms with Crippen LogP contribution in [0.5, 0.6) is 0 Å². The van der Waals surface area contributed by atoms with E-state index in [0.29, 0.717) is 0 Å². The van der Waals surface area contributed by atoms with Gasteiger partial charge in [0.2, 0.25) is 0 Å². The summed E-state index contributed by atoms with van der Waals surface area (Å²) in [5.74, 6) is 0. The summed E-state index contributed by atoms with van der Waals surface area (Å²) >= 11 is 0. The van der Waals surface area contributed by atoms with Gasteiger partial charge in [0, 0.05) is 5.70 Å². The van der Waals surface area contributed by atoms with Crippen LogP contribution in [0.3, 0.4) is 0 Å². The molecule has 0 bridgehead atoms. The maximum absolute atomic E-state index is 5.70. The van der Waals surface area contributed by atoms with Gasteiger partial charge >= 0.3 is 0 Å². The van der Waals surface area contributed by atoms with E-state index in [1.807, 2.05) is 19.1 Å². The van der Waals surface area contributed by atoms with Gasteiger partial charge in [-0.25, -0.2) is 0 Å². The molecule has 0 amide bonds. The fourth-order valence-corrected chi connectivity index (χ4v) is 0.887. The Kier molecular flexibility index (Phi) is 5.26. The van der Waals surface area contributed by atoms with Gasteiger partial charge in [-0.2, -0.15) is 0 Å². The molecule has 0 atom stereocenters. The summed E-state index contributed by atoms with van der Waals surface area (Å²) in [6, 6.07) is 0. The van der Waals surface area contributed by atoms with Crippen LogP contribution < -0.4 is 5.73 Å². The first kappa shape index (κ1) is 10.0. The molecule has 62 valence electrons.